The average Bonchev–Trinajstić information content (AvgIpc) is 3.12. The number of methoxy groups -OCH3 is 1. The standard InChI is InChI=1S/C16H14N4O5/c1-9(16-19-14(20-25-16)10-3-5-17-6-4-10)18-15(22)12-7-11(21)13(23-2)8-24-12/h3-9H,1-2H3,(H,18,22)/t9-/m1/s1. The lowest BCUT2D eigenvalue weighted by molar-refractivity contribution is 0.0901. The van der Waals surface area contributed by atoms with Crippen LogP contribution in [0.3, 0.4) is 0 Å². The van der Waals surface area contributed by atoms with Crippen LogP contribution in [0.4, 0.5) is 0 Å². The van der Waals surface area contributed by atoms with Crippen LogP contribution in [-0.4, -0.2) is 28.1 Å². The van der Waals surface area contributed by atoms with Gasteiger partial charge in [-0.05, 0) is 19.1 Å². The SMILES string of the molecule is COc1coc(C(=O)N[C@H](C)c2nc(-c3ccncc3)no2)cc1=O. The summed E-state index contributed by atoms with van der Waals surface area (Å²) in [7, 11) is 1.34. The summed E-state index contributed by atoms with van der Waals surface area (Å²) in [5, 5.41) is 6.49. The highest BCUT2D eigenvalue weighted by Crippen LogP contribution is 2.18. The number of pyridine rings is 1. The fraction of sp³-hybridized carbons (Fsp3) is 0.188. The Bertz CT molecular complexity index is 935. The molecular formula is C16H14N4O5. The normalized spacial score (nSPS) is 11.8. The van der Waals surface area contributed by atoms with Crippen molar-refractivity contribution in [2.24, 2.45) is 0 Å². The highest BCUT2D eigenvalue weighted by Gasteiger charge is 2.20. The van der Waals surface area contributed by atoms with Gasteiger partial charge in [-0.25, -0.2) is 0 Å². The molecule has 9 heteroatoms. The van der Waals surface area contributed by atoms with Gasteiger partial charge in [0.05, 0.1) is 7.11 Å². The third kappa shape index (κ3) is 3.55. The number of ether oxygens (including phenoxy) is 1. The Morgan fingerprint density at radius 3 is 2.76 bits per heavy atom. The molecule has 3 aromatic heterocycles. The van der Waals surface area contributed by atoms with Gasteiger partial charge in [0.2, 0.25) is 22.9 Å². The number of hydrogen-bond donors (Lipinski definition) is 1. The highest BCUT2D eigenvalue weighted by atomic mass is 16.5. The zero-order valence-corrected chi connectivity index (χ0v) is 13.4. The number of carbonyl (C=O) groups is 1. The monoisotopic (exact) mass is 342 g/mol. The van der Waals surface area contributed by atoms with Crippen LogP contribution in [0.1, 0.15) is 29.4 Å². The molecule has 128 valence electrons. The molecule has 1 amide bonds. The van der Waals surface area contributed by atoms with Crippen molar-refractivity contribution in [1.29, 1.82) is 0 Å². The first-order valence-electron chi connectivity index (χ1n) is 7.30. The van der Waals surface area contributed by atoms with E-state index < -0.39 is 17.4 Å². The van der Waals surface area contributed by atoms with E-state index in [1.807, 2.05) is 0 Å². The van der Waals surface area contributed by atoms with Gasteiger partial charge in [0.15, 0.2) is 5.76 Å². The van der Waals surface area contributed by atoms with Crippen LogP contribution in [0.2, 0.25) is 0 Å². The molecule has 0 unspecified atom stereocenters. The summed E-state index contributed by atoms with van der Waals surface area (Å²) >= 11 is 0. The van der Waals surface area contributed by atoms with Crippen molar-refractivity contribution in [2.45, 2.75) is 13.0 Å². The lowest BCUT2D eigenvalue weighted by Gasteiger charge is -2.08. The molecule has 0 radical (unpaired) electrons. The number of carbonyl (C=O) groups excluding carboxylic acids is 1. The third-order valence-corrected chi connectivity index (χ3v) is 3.34. The molecule has 0 bridgehead atoms. The van der Waals surface area contributed by atoms with Crippen LogP contribution in [-0.2, 0) is 0 Å². The Kier molecular flexibility index (Phi) is 4.55. The summed E-state index contributed by atoms with van der Waals surface area (Å²) in [6.07, 6.45) is 4.31. The Balaban J connectivity index is 1.73. The van der Waals surface area contributed by atoms with E-state index in [2.05, 4.69) is 20.4 Å². The van der Waals surface area contributed by atoms with E-state index in [0.717, 1.165) is 17.9 Å². The quantitative estimate of drug-likeness (QED) is 0.742. The molecule has 3 aromatic rings. The Labute approximate surface area is 141 Å². The van der Waals surface area contributed by atoms with E-state index in [-0.39, 0.29) is 17.4 Å². The second-order valence-corrected chi connectivity index (χ2v) is 5.06. The van der Waals surface area contributed by atoms with Gasteiger partial charge < -0.3 is 19.0 Å². The molecular weight excluding hydrogens is 328 g/mol. The Morgan fingerprint density at radius 1 is 1.32 bits per heavy atom. The van der Waals surface area contributed by atoms with Gasteiger partial charge in [-0.15, -0.1) is 0 Å². The zero-order chi connectivity index (χ0) is 17.8. The minimum absolute atomic E-state index is 0.0171. The molecule has 1 N–H and O–H groups in total. The summed E-state index contributed by atoms with van der Waals surface area (Å²) in [6.45, 7) is 1.67. The topological polar surface area (TPSA) is 120 Å². The molecule has 0 aliphatic heterocycles. The number of rotatable bonds is 5. The van der Waals surface area contributed by atoms with Gasteiger partial charge in [0.1, 0.15) is 12.3 Å². The van der Waals surface area contributed by atoms with Crippen molar-refractivity contribution in [3.05, 3.63) is 58.7 Å². The summed E-state index contributed by atoms with van der Waals surface area (Å²) in [6, 6.07) is 3.95. The molecule has 0 saturated carbocycles. The lowest BCUT2D eigenvalue weighted by Crippen LogP contribution is -2.27. The van der Waals surface area contributed by atoms with Crippen LogP contribution in [0, 0.1) is 0 Å². The Morgan fingerprint density at radius 2 is 2.08 bits per heavy atom. The summed E-state index contributed by atoms with van der Waals surface area (Å²) < 4.78 is 15.1. The van der Waals surface area contributed by atoms with Gasteiger partial charge in [-0.1, -0.05) is 5.16 Å². The number of amides is 1. The number of hydrogen-bond acceptors (Lipinski definition) is 8. The highest BCUT2D eigenvalue weighted by molar-refractivity contribution is 5.91. The van der Waals surface area contributed by atoms with Crippen molar-refractivity contribution in [1.82, 2.24) is 20.4 Å². The van der Waals surface area contributed by atoms with E-state index in [9.17, 15) is 9.59 Å². The second-order valence-electron chi connectivity index (χ2n) is 5.06. The van der Waals surface area contributed by atoms with Gasteiger partial charge in [-0.3, -0.25) is 14.6 Å². The van der Waals surface area contributed by atoms with Crippen molar-refractivity contribution in [3.8, 4) is 17.1 Å². The predicted molar refractivity (Wildman–Crippen MR) is 84.9 cm³/mol. The minimum atomic E-state index is -0.587. The summed E-state index contributed by atoms with van der Waals surface area (Å²) in [4.78, 5) is 32.0. The van der Waals surface area contributed by atoms with Crippen molar-refractivity contribution in [2.75, 3.05) is 7.11 Å². The molecule has 3 heterocycles. The van der Waals surface area contributed by atoms with E-state index in [1.54, 1.807) is 31.5 Å². The summed E-state index contributed by atoms with van der Waals surface area (Å²) in [5.41, 5.74) is 0.286. The maximum absolute atomic E-state index is 12.2. The number of nitrogens with one attached hydrogen (secondary N) is 1. The smallest absolute Gasteiger partial charge is 0.287 e. The Hall–Kier alpha value is -3.49. The van der Waals surface area contributed by atoms with Crippen LogP contribution in [0.5, 0.6) is 5.75 Å². The van der Waals surface area contributed by atoms with E-state index in [4.69, 9.17) is 13.7 Å². The molecule has 0 aliphatic rings. The fourth-order valence-corrected chi connectivity index (χ4v) is 2.03. The molecule has 3 rings (SSSR count). The molecule has 0 fully saturated rings. The van der Waals surface area contributed by atoms with Gasteiger partial charge in [0.25, 0.3) is 5.91 Å². The average molecular weight is 342 g/mol. The molecule has 0 aliphatic carbocycles. The minimum Gasteiger partial charge on any atom is -0.490 e. The molecule has 0 spiro atoms. The van der Waals surface area contributed by atoms with E-state index in [1.165, 1.54) is 7.11 Å². The van der Waals surface area contributed by atoms with Crippen LogP contribution in [0.25, 0.3) is 11.4 Å². The van der Waals surface area contributed by atoms with E-state index in [0.29, 0.717) is 5.82 Å². The van der Waals surface area contributed by atoms with Gasteiger partial charge in [-0.2, -0.15) is 4.98 Å². The number of nitrogens with zero attached hydrogens (tertiary/aromatic N) is 3. The first-order chi connectivity index (χ1) is 12.1. The zero-order valence-electron chi connectivity index (χ0n) is 13.4. The van der Waals surface area contributed by atoms with Gasteiger partial charge in [0, 0.05) is 24.0 Å². The summed E-state index contributed by atoms with van der Waals surface area (Å²) in [5.74, 6) is -0.114. The fourth-order valence-electron chi connectivity index (χ4n) is 2.03. The van der Waals surface area contributed by atoms with E-state index >= 15 is 0 Å². The van der Waals surface area contributed by atoms with Crippen molar-refractivity contribution in [3.63, 3.8) is 0 Å². The van der Waals surface area contributed by atoms with Crippen molar-refractivity contribution < 1.29 is 18.5 Å². The van der Waals surface area contributed by atoms with Crippen LogP contribution >= 0.6 is 0 Å². The molecule has 25 heavy (non-hydrogen) atoms. The molecule has 9 nitrogen and oxygen atoms in total. The van der Waals surface area contributed by atoms with Crippen LogP contribution < -0.4 is 15.5 Å². The molecule has 0 saturated heterocycles. The number of aromatic nitrogens is 3. The first kappa shape index (κ1) is 16.4. The second kappa shape index (κ2) is 6.95. The third-order valence-electron chi connectivity index (χ3n) is 3.34. The largest absolute Gasteiger partial charge is 0.490 e. The maximum atomic E-state index is 12.2. The molecule has 0 aromatic carbocycles. The predicted octanol–water partition coefficient (Wildman–Crippen LogP) is 1.58. The maximum Gasteiger partial charge on any atom is 0.287 e. The lowest BCUT2D eigenvalue weighted by atomic mass is 10.2. The molecule has 1 atom stereocenters. The van der Waals surface area contributed by atoms with Gasteiger partial charge >= 0.3 is 0 Å². The van der Waals surface area contributed by atoms with Crippen LogP contribution in [0.15, 0.2) is 50.6 Å². The van der Waals surface area contributed by atoms with Crippen molar-refractivity contribution >= 4 is 5.91 Å². The first-order valence-corrected chi connectivity index (χ1v) is 7.30.